The van der Waals surface area contributed by atoms with E-state index in [4.69, 9.17) is 34.0 Å². The Bertz CT molecular complexity index is 413. The monoisotopic (exact) mass is 290 g/mol. The minimum atomic E-state index is -0.359. The molecule has 0 aliphatic rings. The fourth-order valence-corrected chi connectivity index (χ4v) is 1.78. The molecular weight excluding hydrogens is 275 g/mol. The molecule has 0 spiro atoms. The number of halogens is 2. The van der Waals surface area contributed by atoms with Gasteiger partial charge in [0.15, 0.2) is 0 Å². The molecule has 0 fully saturated rings. The molecule has 0 aromatic heterocycles. The van der Waals surface area contributed by atoms with Crippen molar-refractivity contribution >= 4 is 34.8 Å². The summed E-state index contributed by atoms with van der Waals surface area (Å²) < 4.78 is 0. The van der Waals surface area contributed by atoms with Gasteiger partial charge in [0.1, 0.15) is 0 Å². The quantitative estimate of drug-likeness (QED) is 0.576. The fraction of sp³-hybridized carbons (Fsp3) is 0.417. The highest BCUT2D eigenvalue weighted by atomic mass is 35.5. The van der Waals surface area contributed by atoms with Crippen molar-refractivity contribution in [3.63, 3.8) is 0 Å². The number of aliphatic hydroxyl groups excluding tert-OH is 1. The summed E-state index contributed by atoms with van der Waals surface area (Å²) in [6.07, 6.45) is 0.992. The second-order valence-corrected chi connectivity index (χ2v) is 4.89. The van der Waals surface area contributed by atoms with Gasteiger partial charge in [-0.3, -0.25) is 4.79 Å². The minimum Gasteiger partial charge on any atom is -0.397 e. The van der Waals surface area contributed by atoms with Crippen LogP contribution in [0.25, 0.3) is 0 Å². The van der Waals surface area contributed by atoms with E-state index < -0.39 is 0 Å². The highest BCUT2D eigenvalue weighted by Crippen LogP contribution is 2.29. The van der Waals surface area contributed by atoms with E-state index in [-0.39, 0.29) is 27.7 Å². The van der Waals surface area contributed by atoms with Crippen molar-refractivity contribution in [1.82, 2.24) is 5.32 Å². The first kappa shape index (κ1) is 15.1. The van der Waals surface area contributed by atoms with Crippen LogP contribution >= 0.6 is 23.2 Å². The molecule has 0 aliphatic heterocycles. The molecule has 0 heterocycles. The van der Waals surface area contributed by atoms with Crippen LogP contribution in [0.1, 0.15) is 30.1 Å². The normalized spacial score (nSPS) is 12.2. The van der Waals surface area contributed by atoms with E-state index in [2.05, 4.69) is 5.32 Å². The Morgan fingerprint density at radius 1 is 1.50 bits per heavy atom. The zero-order valence-corrected chi connectivity index (χ0v) is 11.6. The molecule has 0 radical (unpaired) electrons. The van der Waals surface area contributed by atoms with Crippen LogP contribution in [0.5, 0.6) is 0 Å². The van der Waals surface area contributed by atoms with Gasteiger partial charge in [0, 0.05) is 12.1 Å². The molecule has 1 amide bonds. The lowest BCUT2D eigenvalue weighted by molar-refractivity contribution is 0.0949. The van der Waals surface area contributed by atoms with E-state index in [1.54, 1.807) is 6.92 Å². The summed E-state index contributed by atoms with van der Waals surface area (Å²) in [5.74, 6) is -0.258. The van der Waals surface area contributed by atoms with Crippen molar-refractivity contribution in [2.24, 2.45) is 0 Å². The lowest BCUT2D eigenvalue weighted by Gasteiger charge is -2.08. The van der Waals surface area contributed by atoms with Gasteiger partial charge in [-0.2, -0.15) is 0 Å². The Morgan fingerprint density at radius 2 is 2.17 bits per heavy atom. The van der Waals surface area contributed by atoms with E-state index in [0.717, 1.165) is 0 Å². The molecule has 4 nitrogen and oxygen atoms in total. The first-order valence-corrected chi connectivity index (χ1v) is 6.38. The number of hydrogen-bond acceptors (Lipinski definition) is 3. The van der Waals surface area contributed by atoms with Crippen molar-refractivity contribution in [2.75, 3.05) is 12.3 Å². The zero-order valence-electron chi connectivity index (χ0n) is 10.0. The summed E-state index contributed by atoms with van der Waals surface area (Å²) >= 11 is 11.6. The third-order valence-electron chi connectivity index (χ3n) is 2.40. The van der Waals surface area contributed by atoms with Crippen LogP contribution in [0.3, 0.4) is 0 Å². The standard InChI is InChI=1S/C12H16Cl2N2O2/c1-7(17)3-2-4-16-12(18)8-5-9(13)11(14)10(15)6-8/h5-7,17H,2-4,15H2,1H3,(H,16,18). The van der Waals surface area contributed by atoms with Crippen LogP contribution in [-0.4, -0.2) is 23.7 Å². The second kappa shape index (κ2) is 6.83. The zero-order chi connectivity index (χ0) is 13.7. The van der Waals surface area contributed by atoms with Crippen molar-refractivity contribution in [3.8, 4) is 0 Å². The summed E-state index contributed by atoms with van der Waals surface area (Å²) in [4.78, 5) is 11.8. The summed E-state index contributed by atoms with van der Waals surface area (Å²) in [5.41, 5.74) is 6.27. The Hall–Kier alpha value is -0.970. The molecule has 1 aromatic rings. The number of nitrogens with two attached hydrogens (primary N) is 1. The number of rotatable bonds is 5. The van der Waals surface area contributed by atoms with E-state index in [1.807, 2.05) is 0 Å². The average molecular weight is 291 g/mol. The van der Waals surface area contributed by atoms with Gasteiger partial charge in [-0.1, -0.05) is 23.2 Å². The predicted octanol–water partition coefficient (Wildman–Crippen LogP) is 2.47. The van der Waals surface area contributed by atoms with Crippen LogP contribution in [0.4, 0.5) is 5.69 Å². The van der Waals surface area contributed by atoms with Crippen molar-refractivity contribution in [3.05, 3.63) is 27.7 Å². The molecule has 0 aliphatic carbocycles. The lowest BCUT2D eigenvalue weighted by atomic mass is 10.1. The molecule has 18 heavy (non-hydrogen) atoms. The molecular formula is C12H16Cl2N2O2. The number of nitrogens with one attached hydrogen (secondary N) is 1. The summed E-state index contributed by atoms with van der Waals surface area (Å²) in [6, 6.07) is 2.96. The van der Waals surface area contributed by atoms with Crippen LogP contribution in [0, 0.1) is 0 Å². The van der Waals surface area contributed by atoms with Gasteiger partial charge in [0.2, 0.25) is 0 Å². The molecule has 4 N–H and O–H groups in total. The van der Waals surface area contributed by atoms with Gasteiger partial charge in [0.05, 0.1) is 21.8 Å². The van der Waals surface area contributed by atoms with Gasteiger partial charge < -0.3 is 16.2 Å². The Kier molecular flexibility index (Phi) is 5.72. The first-order chi connectivity index (χ1) is 8.41. The molecule has 100 valence electrons. The van der Waals surface area contributed by atoms with Gasteiger partial charge in [-0.15, -0.1) is 0 Å². The van der Waals surface area contributed by atoms with Gasteiger partial charge in [0.25, 0.3) is 5.91 Å². The highest BCUT2D eigenvalue weighted by Gasteiger charge is 2.10. The predicted molar refractivity (Wildman–Crippen MR) is 74.1 cm³/mol. The average Bonchev–Trinajstić information content (AvgIpc) is 2.30. The Morgan fingerprint density at radius 3 is 2.72 bits per heavy atom. The largest absolute Gasteiger partial charge is 0.397 e. The third-order valence-corrected chi connectivity index (χ3v) is 3.22. The summed E-state index contributed by atoms with van der Waals surface area (Å²) in [7, 11) is 0. The summed E-state index contributed by atoms with van der Waals surface area (Å²) in [6.45, 7) is 2.20. The number of anilines is 1. The van der Waals surface area contributed by atoms with E-state index in [0.29, 0.717) is 24.9 Å². The molecule has 1 rings (SSSR count). The second-order valence-electron chi connectivity index (χ2n) is 4.11. The molecule has 6 heteroatoms. The van der Waals surface area contributed by atoms with E-state index in [9.17, 15) is 4.79 Å². The number of hydrogen-bond donors (Lipinski definition) is 3. The molecule has 0 saturated heterocycles. The van der Waals surface area contributed by atoms with Crippen molar-refractivity contribution in [2.45, 2.75) is 25.9 Å². The number of carbonyl (C=O) groups excluding carboxylic acids is 1. The fourth-order valence-electron chi connectivity index (χ4n) is 1.44. The number of carbonyl (C=O) groups is 1. The van der Waals surface area contributed by atoms with Gasteiger partial charge >= 0.3 is 0 Å². The lowest BCUT2D eigenvalue weighted by Crippen LogP contribution is -2.25. The number of aliphatic hydroxyl groups is 1. The Labute approximate surface area is 116 Å². The molecule has 1 atom stereocenters. The first-order valence-electron chi connectivity index (χ1n) is 5.62. The number of nitrogen functional groups attached to an aromatic ring is 1. The maximum Gasteiger partial charge on any atom is 0.251 e. The number of amides is 1. The maximum absolute atomic E-state index is 11.8. The molecule has 1 unspecified atom stereocenters. The van der Waals surface area contributed by atoms with Crippen molar-refractivity contribution < 1.29 is 9.90 Å². The third kappa shape index (κ3) is 4.37. The Balaban J connectivity index is 2.57. The topological polar surface area (TPSA) is 75.3 Å². The SMILES string of the molecule is CC(O)CCCNC(=O)c1cc(N)c(Cl)c(Cl)c1. The summed E-state index contributed by atoms with van der Waals surface area (Å²) in [5, 5.41) is 12.3. The molecule has 0 saturated carbocycles. The molecule has 0 bridgehead atoms. The highest BCUT2D eigenvalue weighted by molar-refractivity contribution is 6.43. The maximum atomic E-state index is 11.8. The van der Waals surface area contributed by atoms with Crippen molar-refractivity contribution in [1.29, 1.82) is 0 Å². The van der Waals surface area contributed by atoms with Gasteiger partial charge in [-0.05, 0) is 31.9 Å². The van der Waals surface area contributed by atoms with Crippen LogP contribution in [0.2, 0.25) is 10.0 Å². The minimum absolute atomic E-state index is 0.252. The van der Waals surface area contributed by atoms with Gasteiger partial charge in [-0.25, -0.2) is 0 Å². The number of benzene rings is 1. The van der Waals surface area contributed by atoms with E-state index in [1.165, 1.54) is 12.1 Å². The van der Waals surface area contributed by atoms with Crippen LogP contribution in [-0.2, 0) is 0 Å². The smallest absolute Gasteiger partial charge is 0.251 e. The molecule has 1 aromatic carbocycles. The van der Waals surface area contributed by atoms with Crippen LogP contribution < -0.4 is 11.1 Å². The van der Waals surface area contributed by atoms with E-state index >= 15 is 0 Å². The van der Waals surface area contributed by atoms with Crippen LogP contribution in [0.15, 0.2) is 12.1 Å².